The van der Waals surface area contributed by atoms with E-state index in [1.165, 1.54) is 35.6 Å². The average molecular weight is 341 g/mol. The molecule has 3 aromatic rings. The lowest BCUT2D eigenvalue weighted by Gasteiger charge is -2.01. The van der Waals surface area contributed by atoms with Crippen LogP contribution in [0.2, 0.25) is 0 Å². The smallest absolute Gasteiger partial charge is 0.279 e. The van der Waals surface area contributed by atoms with Gasteiger partial charge in [0, 0.05) is 24.7 Å². The first-order valence-electron chi connectivity index (χ1n) is 7.27. The summed E-state index contributed by atoms with van der Waals surface area (Å²) in [7, 11) is 1.88. The molecule has 0 bridgehead atoms. The largest absolute Gasteiger partial charge is 0.319 e. The van der Waals surface area contributed by atoms with Crippen LogP contribution >= 0.6 is 11.3 Å². The van der Waals surface area contributed by atoms with E-state index >= 15 is 0 Å². The molecule has 0 aliphatic heterocycles. The van der Waals surface area contributed by atoms with E-state index < -0.39 is 10.8 Å². The van der Waals surface area contributed by atoms with Gasteiger partial charge in [0.15, 0.2) is 4.80 Å². The van der Waals surface area contributed by atoms with Gasteiger partial charge in [0.05, 0.1) is 15.1 Å². The Morgan fingerprint density at radius 1 is 1.21 bits per heavy atom. The van der Waals surface area contributed by atoms with E-state index in [9.17, 15) is 14.9 Å². The Balaban J connectivity index is 2.06. The average Bonchev–Trinajstić information content (AvgIpc) is 2.83. The molecule has 0 radical (unpaired) electrons. The number of thiazole rings is 1. The van der Waals surface area contributed by atoms with Crippen LogP contribution in [-0.4, -0.2) is 15.4 Å². The van der Waals surface area contributed by atoms with Crippen LogP contribution in [0.1, 0.15) is 21.5 Å². The standard InChI is InChI=1S/C17H15N3O3S/c1-10-8-11(2)15-14(9-10)24-17(19(15)3)18-16(21)12-4-6-13(7-5-12)20(22)23/h4-9H,1-3H3. The molecule has 3 rings (SSSR count). The number of aryl methyl sites for hydroxylation is 3. The fourth-order valence-corrected chi connectivity index (χ4v) is 3.86. The van der Waals surface area contributed by atoms with Gasteiger partial charge in [-0.15, -0.1) is 0 Å². The second-order valence-corrected chi connectivity index (χ2v) is 6.60. The highest BCUT2D eigenvalue weighted by Gasteiger charge is 2.11. The van der Waals surface area contributed by atoms with E-state index in [0.29, 0.717) is 10.4 Å². The number of benzene rings is 2. The maximum Gasteiger partial charge on any atom is 0.279 e. The number of nitro groups is 1. The molecule has 24 heavy (non-hydrogen) atoms. The van der Waals surface area contributed by atoms with Crippen LogP contribution < -0.4 is 4.80 Å². The van der Waals surface area contributed by atoms with Crippen LogP contribution in [0.5, 0.6) is 0 Å². The van der Waals surface area contributed by atoms with Gasteiger partial charge < -0.3 is 4.57 Å². The van der Waals surface area contributed by atoms with Crippen LogP contribution in [0.4, 0.5) is 5.69 Å². The zero-order valence-corrected chi connectivity index (χ0v) is 14.3. The summed E-state index contributed by atoms with van der Waals surface area (Å²) in [5.41, 5.74) is 3.62. The predicted octanol–water partition coefficient (Wildman–Crippen LogP) is 3.51. The van der Waals surface area contributed by atoms with Crippen molar-refractivity contribution < 1.29 is 9.72 Å². The van der Waals surface area contributed by atoms with Gasteiger partial charge in [-0.1, -0.05) is 17.4 Å². The maximum atomic E-state index is 12.3. The zero-order chi connectivity index (χ0) is 17.4. The Hall–Kier alpha value is -2.80. The monoisotopic (exact) mass is 341 g/mol. The van der Waals surface area contributed by atoms with Crippen LogP contribution in [0.3, 0.4) is 0 Å². The summed E-state index contributed by atoms with van der Waals surface area (Å²) in [6.45, 7) is 4.06. The number of carbonyl (C=O) groups excluding carboxylic acids is 1. The maximum absolute atomic E-state index is 12.3. The lowest BCUT2D eigenvalue weighted by molar-refractivity contribution is -0.384. The van der Waals surface area contributed by atoms with Gasteiger partial charge >= 0.3 is 0 Å². The summed E-state index contributed by atoms with van der Waals surface area (Å²) < 4.78 is 2.98. The Morgan fingerprint density at radius 2 is 1.88 bits per heavy atom. The Labute approximate surface area is 141 Å². The molecule has 0 saturated heterocycles. The summed E-state index contributed by atoms with van der Waals surface area (Å²) in [6, 6.07) is 9.63. The second-order valence-electron chi connectivity index (χ2n) is 5.59. The quantitative estimate of drug-likeness (QED) is 0.528. The molecule has 0 atom stereocenters. The minimum atomic E-state index is -0.498. The van der Waals surface area contributed by atoms with Gasteiger partial charge in [-0.25, -0.2) is 0 Å². The highest BCUT2D eigenvalue weighted by Crippen LogP contribution is 2.22. The minimum absolute atomic E-state index is 0.0509. The first kappa shape index (κ1) is 16.1. The third kappa shape index (κ3) is 2.85. The molecule has 0 spiro atoms. The van der Waals surface area contributed by atoms with E-state index in [1.807, 2.05) is 25.5 Å². The van der Waals surface area contributed by atoms with Crippen LogP contribution in [0.25, 0.3) is 10.2 Å². The van der Waals surface area contributed by atoms with Gasteiger partial charge in [0.1, 0.15) is 0 Å². The number of non-ortho nitro benzene ring substituents is 1. The number of hydrogen-bond acceptors (Lipinski definition) is 4. The molecule has 6 nitrogen and oxygen atoms in total. The zero-order valence-electron chi connectivity index (χ0n) is 13.4. The first-order valence-corrected chi connectivity index (χ1v) is 8.09. The van der Waals surface area contributed by atoms with Crippen molar-refractivity contribution in [1.82, 2.24) is 4.57 Å². The van der Waals surface area contributed by atoms with Crippen molar-refractivity contribution in [3.8, 4) is 0 Å². The number of aromatic nitrogens is 1. The van der Waals surface area contributed by atoms with E-state index in [1.54, 1.807) is 0 Å². The fraction of sp³-hybridized carbons (Fsp3) is 0.176. The summed E-state index contributed by atoms with van der Waals surface area (Å²) in [6.07, 6.45) is 0. The Kier molecular flexibility index (Phi) is 4.02. The fourth-order valence-electron chi connectivity index (χ4n) is 2.67. The van der Waals surface area contributed by atoms with Crippen molar-refractivity contribution in [1.29, 1.82) is 0 Å². The van der Waals surface area contributed by atoms with E-state index in [4.69, 9.17) is 0 Å². The molecule has 0 N–H and O–H groups in total. The Bertz CT molecular complexity index is 1030. The molecule has 1 heterocycles. The Morgan fingerprint density at radius 3 is 2.50 bits per heavy atom. The van der Waals surface area contributed by atoms with Gasteiger partial charge in [-0.2, -0.15) is 4.99 Å². The molecular formula is C17H15N3O3S. The molecular weight excluding hydrogens is 326 g/mol. The first-order chi connectivity index (χ1) is 11.4. The summed E-state index contributed by atoms with van der Waals surface area (Å²) >= 11 is 1.45. The number of amides is 1. The number of fused-ring (bicyclic) bond motifs is 1. The number of nitro benzene ring substituents is 1. The molecule has 0 aliphatic rings. The van der Waals surface area contributed by atoms with Gasteiger partial charge in [0.25, 0.3) is 11.6 Å². The van der Waals surface area contributed by atoms with Crippen LogP contribution in [0.15, 0.2) is 41.4 Å². The van der Waals surface area contributed by atoms with Gasteiger partial charge in [0.2, 0.25) is 0 Å². The molecule has 0 unspecified atom stereocenters. The van der Waals surface area contributed by atoms with Crippen molar-refractivity contribution >= 4 is 33.1 Å². The normalized spacial score (nSPS) is 11.9. The molecule has 1 amide bonds. The number of carbonyl (C=O) groups is 1. The van der Waals surface area contributed by atoms with Crippen molar-refractivity contribution in [3.63, 3.8) is 0 Å². The van der Waals surface area contributed by atoms with Crippen molar-refractivity contribution in [2.75, 3.05) is 0 Å². The summed E-state index contributed by atoms with van der Waals surface area (Å²) in [5.74, 6) is -0.415. The SMILES string of the molecule is Cc1cc(C)c2c(c1)sc(=NC(=O)c1ccc([N+](=O)[O-])cc1)n2C. The van der Waals surface area contributed by atoms with Gasteiger partial charge in [-0.05, 0) is 43.2 Å². The minimum Gasteiger partial charge on any atom is -0.319 e. The molecule has 0 aliphatic carbocycles. The van der Waals surface area contributed by atoms with Crippen molar-refractivity contribution in [2.24, 2.45) is 12.0 Å². The van der Waals surface area contributed by atoms with E-state index in [2.05, 4.69) is 17.1 Å². The van der Waals surface area contributed by atoms with Crippen LogP contribution in [0, 0.1) is 24.0 Å². The summed E-state index contributed by atoms with van der Waals surface area (Å²) in [4.78, 5) is 27.3. The molecule has 2 aromatic carbocycles. The van der Waals surface area contributed by atoms with Crippen LogP contribution in [-0.2, 0) is 7.05 Å². The summed E-state index contributed by atoms with van der Waals surface area (Å²) in [5, 5.41) is 10.7. The third-order valence-electron chi connectivity index (χ3n) is 3.76. The lowest BCUT2D eigenvalue weighted by Crippen LogP contribution is -2.13. The molecule has 122 valence electrons. The van der Waals surface area contributed by atoms with E-state index in [0.717, 1.165) is 21.3 Å². The second kappa shape index (κ2) is 6.01. The van der Waals surface area contributed by atoms with E-state index in [-0.39, 0.29) is 5.69 Å². The van der Waals surface area contributed by atoms with Crippen molar-refractivity contribution in [3.05, 3.63) is 68.0 Å². The molecule has 7 heteroatoms. The number of hydrogen-bond donors (Lipinski definition) is 0. The molecule has 0 saturated carbocycles. The third-order valence-corrected chi connectivity index (χ3v) is 4.83. The highest BCUT2D eigenvalue weighted by atomic mass is 32.1. The highest BCUT2D eigenvalue weighted by molar-refractivity contribution is 7.16. The molecule has 0 fully saturated rings. The topological polar surface area (TPSA) is 77.5 Å². The number of nitrogens with zero attached hydrogens (tertiary/aromatic N) is 3. The predicted molar refractivity (Wildman–Crippen MR) is 93.3 cm³/mol. The van der Waals surface area contributed by atoms with Gasteiger partial charge in [-0.3, -0.25) is 14.9 Å². The number of rotatable bonds is 2. The molecule has 1 aromatic heterocycles. The lowest BCUT2D eigenvalue weighted by atomic mass is 10.1. The van der Waals surface area contributed by atoms with Crippen molar-refractivity contribution in [2.45, 2.75) is 13.8 Å².